The van der Waals surface area contributed by atoms with Crippen molar-refractivity contribution in [1.29, 1.82) is 0 Å². The molecule has 116 valence electrons. The number of rotatable bonds is 8. The topological polar surface area (TPSA) is 49.4 Å². The molecule has 1 saturated heterocycles. The fourth-order valence-electron chi connectivity index (χ4n) is 2.77. The van der Waals surface area contributed by atoms with E-state index in [1.807, 2.05) is 0 Å². The molecule has 2 unspecified atom stereocenters. The zero-order valence-electron chi connectivity index (χ0n) is 13.2. The lowest BCUT2D eigenvalue weighted by Gasteiger charge is -2.29. The van der Waals surface area contributed by atoms with E-state index >= 15 is 0 Å². The largest absolute Gasteiger partial charge is 0.353 e. The van der Waals surface area contributed by atoms with Gasteiger partial charge in [0.05, 0.1) is 6.54 Å². The Labute approximate surface area is 123 Å². The number of carbonyl (C=O) groups excluding carboxylic acids is 2. The lowest BCUT2D eigenvalue weighted by molar-refractivity contribution is -0.124. The van der Waals surface area contributed by atoms with Crippen LogP contribution in [0.1, 0.15) is 52.9 Å². The van der Waals surface area contributed by atoms with Gasteiger partial charge in [0, 0.05) is 18.5 Å². The minimum atomic E-state index is 0.0913. The van der Waals surface area contributed by atoms with E-state index in [-0.39, 0.29) is 17.9 Å². The Morgan fingerprint density at radius 1 is 1.35 bits per heavy atom. The number of likely N-dealkylation sites (tertiary alicyclic amines) is 1. The fraction of sp³-hybridized carbons (Fsp3) is 0.875. The van der Waals surface area contributed by atoms with Crippen molar-refractivity contribution in [1.82, 2.24) is 10.2 Å². The summed E-state index contributed by atoms with van der Waals surface area (Å²) in [5, 5.41) is 3.06. The Morgan fingerprint density at radius 2 is 2.10 bits per heavy atom. The van der Waals surface area contributed by atoms with Gasteiger partial charge in [0.15, 0.2) is 0 Å². The minimum Gasteiger partial charge on any atom is -0.353 e. The van der Waals surface area contributed by atoms with Gasteiger partial charge < -0.3 is 10.1 Å². The highest BCUT2D eigenvalue weighted by Gasteiger charge is 2.21. The standard InChI is InChI=1S/C16H30N2O2/c1-13(2)6-4-7-14(3)17-16(20)11-18-9-5-8-15(10-18)12-19/h12-15H,4-11H2,1-3H3,(H,17,20). The number of piperidine rings is 1. The molecule has 1 amide bonds. The van der Waals surface area contributed by atoms with Crippen LogP contribution in [0.2, 0.25) is 0 Å². The summed E-state index contributed by atoms with van der Waals surface area (Å²) in [6.45, 7) is 8.62. The average molecular weight is 282 g/mol. The zero-order valence-corrected chi connectivity index (χ0v) is 13.2. The molecule has 0 aromatic heterocycles. The molecule has 1 N–H and O–H groups in total. The summed E-state index contributed by atoms with van der Waals surface area (Å²) in [6.07, 6.45) is 6.43. The highest BCUT2D eigenvalue weighted by molar-refractivity contribution is 5.78. The number of aldehydes is 1. The van der Waals surface area contributed by atoms with Gasteiger partial charge in [-0.15, -0.1) is 0 Å². The summed E-state index contributed by atoms with van der Waals surface area (Å²) >= 11 is 0. The molecule has 1 aliphatic rings. The summed E-state index contributed by atoms with van der Waals surface area (Å²) in [5.74, 6) is 0.931. The monoisotopic (exact) mass is 282 g/mol. The maximum atomic E-state index is 12.0. The van der Waals surface area contributed by atoms with Crippen molar-refractivity contribution in [3.63, 3.8) is 0 Å². The SMILES string of the molecule is CC(C)CCCC(C)NC(=O)CN1CCCC(C=O)C1. The van der Waals surface area contributed by atoms with Crippen molar-refractivity contribution in [2.45, 2.75) is 58.9 Å². The van der Waals surface area contributed by atoms with Crippen LogP contribution < -0.4 is 5.32 Å². The van der Waals surface area contributed by atoms with Gasteiger partial charge >= 0.3 is 0 Å². The molecular weight excluding hydrogens is 252 g/mol. The van der Waals surface area contributed by atoms with Crippen LogP contribution in [0.5, 0.6) is 0 Å². The second-order valence-electron chi connectivity index (χ2n) is 6.57. The first-order chi connectivity index (χ1) is 9.51. The van der Waals surface area contributed by atoms with Gasteiger partial charge in [0.25, 0.3) is 0 Å². The lowest BCUT2D eigenvalue weighted by atomic mass is 10.00. The molecule has 0 saturated carbocycles. The van der Waals surface area contributed by atoms with Crippen LogP contribution in [0, 0.1) is 11.8 Å². The Balaban J connectivity index is 2.20. The van der Waals surface area contributed by atoms with Crippen molar-refractivity contribution >= 4 is 12.2 Å². The van der Waals surface area contributed by atoms with Gasteiger partial charge in [0.2, 0.25) is 5.91 Å². The third-order valence-electron chi connectivity index (χ3n) is 3.93. The maximum Gasteiger partial charge on any atom is 0.234 e. The summed E-state index contributed by atoms with van der Waals surface area (Å²) in [5.41, 5.74) is 0. The highest BCUT2D eigenvalue weighted by Crippen LogP contribution is 2.14. The van der Waals surface area contributed by atoms with Crippen molar-refractivity contribution in [3.8, 4) is 0 Å². The fourth-order valence-corrected chi connectivity index (χ4v) is 2.77. The van der Waals surface area contributed by atoms with Gasteiger partial charge in [-0.3, -0.25) is 9.69 Å². The van der Waals surface area contributed by atoms with Gasteiger partial charge in [0.1, 0.15) is 6.29 Å². The van der Waals surface area contributed by atoms with Gasteiger partial charge in [-0.2, -0.15) is 0 Å². The molecule has 20 heavy (non-hydrogen) atoms. The third-order valence-corrected chi connectivity index (χ3v) is 3.93. The van der Waals surface area contributed by atoms with E-state index in [1.165, 1.54) is 6.42 Å². The Bertz CT molecular complexity index is 305. The molecule has 1 fully saturated rings. The van der Waals surface area contributed by atoms with Crippen LogP contribution >= 0.6 is 0 Å². The molecule has 1 rings (SSSR count). The summed E-state index contributed by atoms with van der Waals surface area (Å²) in [6, 6.07) is 0.243. The molecule has 4 nitrogen and oxygen atoms in total. The zero-order chi connectivity index (χ0) is 15.0. The molecule has 4 heteroatoms. The first-order valence-corrected chi connectivity index (χ1v) is 7.98. The van der Waals surface area contributed by atoms with E-state index < -0.39 is 0 Å². The Hall–Kier alpha value is -0.900. The highest BCUT2D eigenvalue weighted by atomic mass is 16.2. The number of hydrogen-bond donors (Lipinski definition) is 1. The number of amides is 1. The minimum absolute atomic E-state index is 0.0913. The van der Waals surface area contributed by atoms with Gasteiger partial charge in [-0.25, -0.2) is 0 Å². The number of carbonyl (C=O) groups is 2. The summed E-state index contributed by atoms with van der Waals surface area (Å²) < 4.78 is 0. The van der Waals surface area contributed by atoms with Crippen LogP contribution in [0.4, 0.5) is 0 Å². The molecule has 0 aromatic rings. The molecule has 0 bridgehead atoms. The van der Waals surface area contributed by atoms with Crippen LogP contribution in [0.15, 0.2) is 0 Å². The molecule has 1 heterocycles. The van der Waals surface area contributed by atoms with E-state index in [1.54, 1.807) is 0 Å². The quantitative estimate of drug-likeness (QED) is 0.695. The predicted octanol–water partition coefficient (Wildman–Crippen LogP) is 2.23. The first-order valence-electron chi connectivity index (χ1n) is 7.98. The van der Waals surface area contributed by atoms with E-state index in [9.17, 15) is 9.59 Å². The Kier molecular flexibility index (Phi) is 7.82. The van der Waals surface area contributed by atoms with Crippen LogP contribution in [0.25, 0.3) is 0 Å². The molecule has 0 aromatic carbocycles. The Morgan fingerprint density at radius 3 is 2.75 bits per heavy atom. The number of nitrogens with zero attached hydrogens (tertiary/aromatic N) is 1. The number of nitrogens with one attached hydrogen (secondary N) is 1. The number of hydrogen-bond acceptors (Lipinski definition) is 3. The summed E-state index contributed by atoms with van der Waals surface area (Å²) in [7, 11) is 0. The second-order valence-corrected chi connectivity index (χ2v) is 6.57. The van der Waals surface area contributed by atoms with E-state index in [0.717, 1.165) is 51.0 Å². The van der Waals surface area contributed by atoms with Crippen molar-refractivity contribution in [2.75, 3.05) is 19.6 Å². The second kappa shape index (κ2) is 9.11. The van der Waals surface area contributed by atoms with Crippen LogP contribution in [-0.4, -0.2) is 42.8 Å². The molecular formula is C16H30N2O2. The van der Waals surface area contributed by atoms with E-state index in [4.69, 9.17) is 0 Å². The van der Waals surface area contributed by atoms with E-state index in [0.29, 0.717) is 6.54 Å². The van der Waals surface area contributed by atoms with Crippen molar-refractivity contribution in [2.24, 2.45) is 11.8 Å². The van der Waals surface area contributed by atoms with Crippen LogP contribution in [0.3, 0.4) is 0 Å². The normalized spacial score (nSPS) is 21.7. The molecule has 1 aliphatic heterocycles. The van der Waals surface area contributed by atoms with Crippen molar-refractivity contribution in [3.05, 3.63) is 0 Å². The molecule has 0 spiro atoms. The summed E-state index contributed by atoms with van der Waals surface area (Å²) in [4.78, 5) is 24.9. The van der Waals surface area contributed by atoms with Crippen molar-refractivity contribution < 1.29 is 9.59 Å². The van der Waals surface area contributed by atoms with Crippen LogP contribution in [-0.2, 0) is 9.59 Å². The molecule has 2 atom stereocenters. The third kappa shape index (κ3) is 7.04. The predicted molar refractivity (Wildman–Crippen MR) is 81.5 cm³/mol. The molecule has 0 radical (unpaired) electrons. The molecule has 0 aliphatic carbocycles. The maximum absolute atomic E-state index is 12.0. The lowest BCUT2D eigenvalue weighted by Crippen LogP contribution is -2.44. The van der Waals surface area contributed by atoms with E-state index in [2.05, 4.69) is 31.0 Å². The average Bonchev–Trinajstić information content (AvgIpc) is 2.38. The van der Waals surface area contributed by atoms with Gasteiger partial charge in [-0.05, 0) is 38.6 Å². The van der Waals surface area contributed by atoms with Gasteiger partial charge in [-0.1, -0.05) is 26.7 Å². The first kappa shape index (κ1) is 17.2. The smallest absolute Gasteiger partial charge is 0.234 e.